The first kappa shape index (κ1) is 56.2. The summed E-state index contributed by atoms with van der Waals surface area (Å²) in [6.07, 6.45) is 26.9. The molecule has 2 aromatic rings. The molecular weight excluding hydrogens is 826 g/mol. The average Bonchev–Trinajstić information content (AvgIpc) is 3.74. The zero-order valence-electron chi connectivity index (χ0n) is 39.7. The van der Waals surface area contributed by atoms with Crippen LogP contribution in [0.15, 0.2) is 14.9 Å². The summed E-state index contributed by atoms with van der Waals surface area (Å²) in [7, 11) is -4.74. The minimum Gasteiger partial charge on any atom is -0.480 e. The number of phosphoric ester groups is 1. The smallest absolute Gasteiger partial charge is 0.472 e. The van der Waals surface area contributed by atoms with E-state index in [1.54, 1.807) is 0 Å². The Morgan fingerprint density at radius 1 is 0.603 bits per heavy atom. The molecule has 3 unspecified atom stereocenters. The van der Waals surface area contributed by atoms with Gasteiger partial charge in [-0.25, -0.2) is 4.57 Å². The summed E-state index contributed by atoms with van der Waals surface area (Å²) < 4.78 is 45.1. The molecule has 13 nitrogen and oxygen atoms in total. The summed E-state index contributed by atoms with van der Waals surface area (Å²) in [5, 5.41) is 8.93. The predicted molar refractivity (Wildman–Crippen MR) is 247 cm³/mol. The van der Waals surface area contributed by atoms with E-state index in [9.17, 15) is 23.8 Å². The van der Waals surface area contributed by atoms with Gasteiger partial charge < -0.3 is 34.0 Å². The van der Waals surface area contributed by atoms with Crippen molar-refractivity contribution >= 4 is 25.7 Å². The Kier molecular flexibility index (Phi) is 29.9. The molecule has 0 aliphatic heterocycles. The Balaban J connectivity index is 1.61. The van der Waals surface area contributed by atoms with E-state index in [1.165, 1.54) is 79.6 Å². The first-order valence-corrected chi connectivity index (χ1v) is 25.9. The molecule has 2 heterocycles. The molecule has 4 N–H and O–H groups in total. The number of hydrogen-bond acceptors (Lipinski definition) is 11. The van der Waals surface area contributed by atoms with Gasteiger partial charge >= 0.3 is 25.7 Å². The van der Waals surface area contributed by atoms with Crippen molar-refractivity contribution in [3.63, 3.8) is 0 Å². The van der Waals surface area contributed by atoms with Crippen LogP contribution in [-0.4, -0.2) is 59.9 Å². The number of esters is 2. The second-order valence-corrected chi connectivity index (χ2v) is 18.8. The molecule has 0 fully saturated rings. The lowest BCUT2D eigenvalue weighted by Crippen LogP contribution is -2.34. The highest BCUT2D eigenvalue weighted by molar-refractivity contribution is 7.47. The van der Waals surface area contributed by atoms with Gasteiger partial charge in [0.1, 0.15) is 35.7 Å². The van der Waals surface area contributed by atoms with E-state index in [2.05, 4.69) is 45.2 Å². The highest BCUT2D eigenvalue weighted by atomic mass is 31.2. The van der Waals surface area contributed by atoms with Crippen LogP contribution in [0.4, 0.5) is 0 Å². The lowest BCUT2D eigenvalue weighted by molar-refractivity contribution is -0.161. The quantitative estimate of drug-likeness (QED) is 0.0324. The first-order valence-electron chi connectivity index (χ1n) is 24.4. The minimum atomic E-state index is -4.74. The molecule has 362 valence electrons. The number of aliphatic carboxylic acids is 1. The van der Waals surface area contributed by atoms with E-state index in [0.717, 1.165) is 114 Å². The number of nitrogens with two attached hydrogens (primary N) is 1. The van der Waals surface area contributed by atoms with Gasteiger partial charge in [-0.3, -0.25) is 23.4 Å². The van der Waals surface area contributed by atoms with Gasteiger partial charge in [0.15, 0.2) is 6.10 Å². The van der Waals surface area contributed by atoms with Crippen LogP contribution in [-0.2, 0) is 63.2 Å². The number of phosphoric acid groups is 1. The van der Waals surface area contributed by atoms with Gasteiger partial charge in [-0.1, -0.05) is 117 Å². The summed E-state index contributed by atoms with van der Waals surface area (Å²) in [4.78, 5) is 46.3. The van der Waals surface area contributed by atoms with Crippen molar-refractivity contribution in [1.29, 1.82) is 0 Å². The number of ether oxygens (including phenoxy) is 2. The third-order valence-electron chi connectivity index (χ3n) is 11.7. The molecule has 0 radical (unpaired) electrons. The number of carboxylic acids is 1. The lowest BCUT2D eigenvalue weighted by atomic mass is 10.0. The van der Waals surface area contributed by atoms with Gasteiger partial charge in [0.2, 0.25) is 0 Å². The van der Waals surface area contributed by atoms with Gasteiger partial charge in [0, 0.05) is 38.5 Å². The topological polar surface area (TPSA) is 198 Å². The van der Waals surface area contributed by atoms with E-state index in [0.29, 0.717) is 12.8 Å². The van der Waals surface area contributed by atoms with Crippen molar-refractivity contribution in [2.24, 2.45) is 5.73 Å². The van der Waals surface area contributed by atoms with Crippen LogP contribution in [0.5, 0.6) is 0 Å². The Hall–Kier alpha value is -2.96. The van der Waals surface area contributed by atoms with Gasteiger partial charge in [0.05, 0.1) is 13.2 Å². The Labute approximate surface area is 378 Å². The standard InChI is InChI=1S/C49H84NO12P/c1-6-8-23-30-45-39(4)40(5)46(62-45)31-25-20-16-11-9-10-12-18-22-27-33-48(52)61-42(36-58-63(55,56)59-37-43(50)49(53)54)35-57-47(51)32-26-21-17-14-13-15-19-24-29-44-38(3)34-41(60-44)28-7-2/h34,42-43H,6-33,35-37,50H2,1-5H3,(H,53,54)(H,55,56). The second kappa shape index (κ2) is 33.5. The maximum absolute atomic E-state index is 12.7. The van der Waals surface area contributed by atoms with Crippen LogP contribution >= 0.6 is 7.82 Å². The number of carbonyl (C=O) groups is 3. The molecule has 0 aliphatic rings. The highest BCUT2D eigenvalue weighted by Gasteiger charge is 2.28. The van der Waals surface area contributed by atoms with E-state index < -0.39 is 51.1 Å². The fourth-order valence-corrected chi connectivity index (χ4v) is 8.38. The largest absolute Gasteiger partial charge is 0.480 e. The monoisotopic (exact) mass is 910 g/mol. The summed E-state index contributed by atoms with van der Waals surface area (Å²) in [6.45, 7) is 9.15. The van der Waals surface area contributed by atoms with Crippen molar-refractivity contribution in [3.05, 3.63) is 45.8 Å². The van der Waals surface area contributed by atoms with E-state index in [-0.39, 0.29) is 19.4 Å². The van der Waals surface area contributed by atoms with Gasteiger partial charge in [-0.2, -0.15) is 0 Å². The Morgan fingerprint density at radius 3 is 1.57 bits per heavy atom. The molecule has 3 atom stereocenters. The average molecular weight is 910 g/mol. The molecule has 2 aromatic heterocycles. The summed E-state index contributed by atoms with van der Waals surface area (Å²) in [5.74, 6) is 2.13. The number of hydrogen-bond donors (Lipinski definition) is 3. The number of rotatable bonds is 40. The van der Waals surface area contributed by atoms with E-state index >= 15 is 0 Å². The third kappa shape index (κ3) is 25.9. The fraction of sp³-hybridized carbons (Fsp3) is 0.776. The van der Waals surface area contributed by atoms with Crippen LogP contribution in [0.1, 0.15) is 208 Å². The summed E-state index contributed by atoms with van der Waals surface area (Å²) >= 11 is 0. The van der Waals surface area contributed by atoms with Gasteiger partial charge in [-0.15, -0.1) is 0 Å². The van der Waals surface area contributed by atoms with Gasteiger partial charge in [-0.05, 0) is 82.1 Å². The van der Waals surface area contributed by atoms with Crippen LogP contribution < -0.4 is 5.73 Å². The van der Waals surface area contributed by atoms with Crippen LogP contribution in [0, 0.1) is 20.8 Å². The Morgan fingerprint density at radius 2 is 1.06 bits per heavy atom. The molecular formula is C49H84NO12P. The predicted octanol–water partition coefficient (Wildman–Crippen LogP) is 12.1. The van der Waals surface area contributed by atoms with Crippen LogP contribution in [0.2, 0.25) is 0 Å². The van der Waals surface area contributed by atoms with Gasteiger partial charge in [0.25, 0.3) is 0 Å². The van der Waals surface area contributed by atoms with Crippen molar-refractivity contribution in [2.45, 2.75) is 227 Å². The molecule has 0 spiro atoms. The first-order chi connectivity index (χ1) is 30.3. The maximum atomic E-state index is 12.7. The molecule has 0 amide bonds. The number of carbonyl (C=O) groups excluding carboxylic acids is 2. The lowest BCUT2D eigenvalue weighted by Gasteiger charge is -2.20. The van der Waals surface area contributed by atoms with E-state index in [4.69, 9.17) is 33.7 Å². The summed E-state index contributed by atoms with van der Waals surface area (Å²) in [6, 6.07) is 0.631. The highest BCUT2D eigenvalue weighted by Crippen LogP contribution is 2.43. The molecule has 0 saturated heterocycles. The summed E-state index contributed by atoms with van der Waals surface area (Å²) in [5.41, 5.74) is 9.26. The second-order valence-electron chi connectivity index (χ2n) is 17.4. The van der Waals surface area contributed by atoms with Crippen molar-refractivity contribution in [2.75, 3.05) is 19.8 Å². The zero-order valence-corrected chi connectivity index (χ0v) is 40.5. The molecule has 0 saturated carbocycles. The van der Waals surface area contributed by atoms with E-state index in [1.807, 2.05) is 0 Å². The molecule has 0 bridgehead atoms. The number of aryl methyl sites for hydroxylation is 5. The number of unbranched alkanes of at least 4 members (excludes halogenated alkanes) is 18. The molecule has 2 rings (SSSR count). The Bertz CT molecular complexity index is 1600. The SMILES string of the molecule is CCCCCc1oc(CCCCCCCCCCCCC(=O)OC(COC(=O)CCCCCCCCCCc2oc(CCC)cc2C)COP(=O)(O)OCC(N)C(=O)O)c(C)c1C. The van der Waals surface area contributed by atoms with Crippen molar-refractivity contribution in [1.82, 2.24) is 0 Å². The van der Waals surface area contributed by atoms with Crippen molar-refractivity contribution < 1.29 is 56.3 Å². The minimum absolute atomic E-state index is 0.142. The molecule has 0 aromatic carbocycles. The normalized spacial score (nSPS) is 13.5. The van der Waals surface area contributed by atoms with Crippen molar-refractivity contribution in [3.8, 4) is 0 Å². The maximum Gasteiger partial charge on any atom is 0.472 e. The van der Waals surface area contributed by atoms with Crippen LogP contribution in [0.3, 0.4) is 0 Å². The number of furan rings is 2. The number of carboxylic acid groups (broad SMARTS) is 1. The molecule has 63 heavy (non-hydrogen) atoms. The fourth-order valence-electron chi connectivity index (χ4n) is 7.60. The zero-order chi connectivity index (χ0) is 46.3. The third-order valence-corrected chi connectivity index (χ3v) is 12.6. The molecule has 14 heteroatoms. The molecule has 0 aliphatic carbocycles. The van der Waals surface area contributed by atoms with Crippen LogP contribution in [0.25, 0.3) is 0 Å².